The molecule has 0 bridgehead atoms. The Labute approximate surface area is 255 Å². The monoisotopic (exact) mass is 631 g/mol. The molecule has 0 aliphatic rings. The minimum Gasteiger partial charge on any atom is -0.462 e. The summed E-state index contributed by atoms with van der Waals surface area (Å²) in [5.41, 5.74) is 6.71. The molecule has 15 heteroatoms. The van der Waals surface area contributed by atoms with Gasteiger partial charge in [-0.2, -0.15) is 15.1 Å². The number of nitrogens with two attached hydrogens (primary N) is 1. The molecule has 0 saturated carbocycles. The lowest BCUT2D eigenvalue weighted by Crippen LogP contribution is -2.39. The Morgan fingerprint density at radius 3 is 2.52 bits per heavy atom. The fraction of sp³-hybridized carbons (Fsp3) is 0.448. The van der Waals surface area contributed by atoms with Crippen molar-refractivity contribution in [1.29, 1.82) is 0 Å². The highest BCUT2D eigenvalue weighted by Crippen LogP contribution is 2.48. The second kappa shape index (κ2) is 13.4. The summed E-state index contributed by atoms with van der Waals surface area (Å²) in [6.07, 6.45) is -0.0771. The van der Waals surface area contributed by atoms with Crippen LogP contribution in [0.2, 0.25) is 0 Å². The van der Waals surface area contributed by atoms with Crippen molar-refractivity contribution in [2.24, 2.45) is 0 Å². The van der Waals surface area contributed by atoms with Crippen molar-refractivity contribution < 1.29 is 32.3 Å². The van der Waals surface area contributed by atoms with Crippen molar-refractivity contribution in [2.45, 2.75) is 65.3 Å². The van der Waals surface area contributed by atoms with Gasteiger partial charge < -0.3 is 24.6 Å². The molecular weight excluding hydrogens is 592 g/mol. The molecule has 0 fully saturated rings. The van der Waals surface area contributed by atoms with E-state index in [4.69, 9.17) is 24.3 Å². The first-order valence-corrected chi connectivity index (χ1v) is 15.7. The molecule has 3 N–H and O–H groups in total. The number of carbonyl (C=O) groups excluding carboxylic acids is 1. The largest absolute Gasteiger partial charge is 0.462 e. The van der Waals surface area contributed by atoms with Crippen molar-refractivity contribution in [3.8, 4) is 5.75 Å². The molecule has 4 atom stereocenters. The van der Waals surface area contributed by atoms with Gasteiger partial charge in [-0.15, -0.1) is 0 Å². The summed E-state index contributed by atoms with van der Waals surface area (Å²) >= 11 is 0. The molecule has 2 aromatic heterocycles. The fourth-order valence-electron chi connectivity index (χ4n) is 4.38. The highest BCUT2D eigenvalue weighted by molar-refractivity contribution is 7.52. The maximum atomic E-state index is 16.3. The van der Waals surface area contributed by atoms with E-state index in [0.717, 1.165) is 5.39 Å². The quantitative estimate of drug-likeness (QED) is 0.136. The van der Waals surface area contributed by atoms with Gasteiger partial charge in [0.25, 0.3) is 0 Å². The van der Waals surface area contributed by atoms with Gasteiger partial charge in [-0.05, 0) is 39.1 Å². The Hall–Kier alpha value is -3.84. The van der Waals surface area contributed by atoms with Crippen LogP contribution >= 0.6 is 7.75 Å². The summed E-state index contributed by atoms with van der Waals surface area (Å²) < 4.78 is 54.6. The predicted molar refractivity (Wildman–Crippen MR) is 166 cm³/mol. The third kappa shape index (κ3) is 7.62. The number of fused-ring (bicyclic) bond motifs is 2. The summed E-state index contributed by atoms with van der Waals surface area (Å²) in [5.74, 6) is -2.39. The summed E-state index contributed by atoms with van der Waals surface area (Å²) in [4.78, 5) is 27.2. The van der Waals surface area contributed by atoms with E-state index in [9.17, 15) is 9.36 Å². The lowest BCUT2D eigenvalue weighted by molar-refractivity contribution is -0.212. The minimum atomic E-state index is -4.41. The highest BCUT2D eigenvalue weighted by Gasteiger charge is 2.39. The zero-order valence-electron chi connectivity index (χ0n) is 25.9. The minimum absolute atomic E-state index is 0.0168. The average molecular weight is 632 g/mol. The van der Waals surface area contributed by atoms with Crippen LogP contribution in [0, 0.1) is 0 Å². The first kappa shape index (κ1) is 33.1. The van der Waals surface area contributed by atoms with Crippen LogP contribution in [-0.4, -0.2) is 64.2 Å². The van der Waals surface area contributed by atoms with Crippen LogP contribution < -0.4 is 20.2 Å². The van der Waals surface area contributed by atoms with E-state index < -0.39 is 44.6 Å². The predicted octanol–water partition coefficient (Wildman–Crippen LogP) is 5.37. The summed E-state index contributed by atoms with van der Waals surface area (Å²) in [6, 6.07) is 11.4. The van der Waals surface area contributed by atoms with Gasteiger partial charge in [0.15, 0.2) is 17.0 Å². The van der Waals surface area contributed by atoms with Crippen molar-refractivity contribution >= 4 is 47.4 Å². The molecule has 44 heavy (non-hydrogen) atoms. The Morgan fingerprint density at radius 2 is 1.84 bits per heavy atom. The zero-order chi connectivity index (χ0) is 32.2. The first-order valence-electron chi connectivity index (χ1n) is 14.2. The highest BCUT2D eigenvalue weighted by atomic mass is 31.2. The third-order valence-electron chi connectivity index (χ3n) is 6.62. The molecule has 2 aromatic carbocycles. The maximum Gasteiger partial charge on any atom is 0.459 e. The van der Waals surface area contributed by atoms with Crippen LogP contribution in [0.1, 0.15) is 47.3 Å². The number of ether oxygens (including phenoxy) is 2. The van der Waals surface area contributed by atoms with Crippen molar-refractivity contribution in [2.75, 3.05) is 31.3 Å². The number of aromatic nitrogens is 4. The average Bonchev–Trinajstić information content (AvgIpc) is 3.39. The molecule has 13 nitrogen and oxygen atoms in total. The molecule has 1 unspecified atom stereocenters. The van der Waals surface area contributed by atoms with E-state index in [0.29, 0.717) is 22.4 Å². The van der Waals surface area contributed by atoms with Gasteiger partial charge in [0.2, 0.25) is 11.8 Å². The van der Waals surface area contributed by atoms with Gasteiger partial charge in [-0.25, -0.2) is 13.9 Å². The van der Waals surface area contributed by atoms with Gasteiger partial charge in [-0.1, -0.05) is 43.3 Å². The number of alkyl halides is 1. The molecule has 0 amide bonds. The van der Waals surface area contributed by atoms with Gasteiger partial charge in [0.1, 0.15) is 24.6 Å². The second-order valence-electron chi connectivity index (χ2n) is 10.8. The first-order chi connectivity index (χ1) is 20.7. The zero-order valence-corrected chi connectivity index (χ0v) is 26.7. The molecule has 238 valence electrons. The molecule has 0 spiro atoms. The molecule has 0 radical (unpaired) electrons. The number of hydrogen-bond acceptors (Lipinski definition) is 11. The number of halogens is 1. The van der Waals surface area contributed by atoms with E-state index in [2.05, 4.69) is 20.0 Å². The van der Waals surface area contributed by atoms with E-state index >= 15 is 4.39 Å². The normalized spacial score (nSPS) is 15.9. The maximum absolute atomic E-state index is 16.3. The van der Waals surface area contributed by atoms with Gasteiger partial charge in [0, 0.05) is 25.9 Å². The Balaban J connectivity index is 1.59. The fourth-order valence-corrected chi connectivity index (χ4v) is 5.92. The van der Waals surface area contributed by atoms with E-state index in [1.54, 1.807) is 71.0 Å². The number of anilines is 2. The van der Waals surface area contributed by atoms with Gasteiger partial charge >= 0.3 is 13.7 Å². The second-order valence-corrected chi connectivity index (χ2v) is 12.4. The summed E-state index contributed by atoms with van der Waals surface area (Å²) in [5, 5.41) is 4.07. The number of carbonyl (C=O) groups is 1. The van der Waals surface area contributed by atoms with Crippen LogP contribution in [0.15, 0.2) is 48.8 Å². The van der Waals surface area contributed by atoms with Crippen LogP contribution in [-0.2, 0) is 23.4 Å². The van der Waals surface area contributed by atoms with E-state index in [-0.39, 0.29) is 18.1 Å². The van der Waals surface area contributed by atoms with Gasteiger partial charge in [-0.3, -0.25) is 13.9 Å². The van der Waals surface area contributed by atoms with Crippen LogP contribution in [0.5, 0.6) is 5.75 Å². The number of nitrogen functional groups attached to an aromatic ring is 1. The standard InChI is InChI=1S/C29H39FN7O6P/c1-8-29(30,42-20(5)37-17-32-24-25(36(6)7)33-28(31)34-26(24)37)16-40-44(39,35-19(4)27(38)41-18(2)3)43-23-15-11-13-21-12-9-10-14-22(21)23/h9-15,17-20H,8,16H2,1-7H3,(H,35,39)(H2,31,33,34)/t19-,20-,29?,44+/m1/s1. The SMILES string of the molecule is CCC(F)(CO[P@@](=O)(N[C@H](C)C(=O)OC(C)C)Oc1cccc2ccccc12)O[C@H](C)n1cnc2c(N(C)C)nc(N)nc21. The number of esters is 1. The Kier molecular flexibility index (Phi) is 10.1. The molecule has 2 heterocycles. The van der Waals surface area contributed by atoms with Gasteiger partial charge in [0.05, 0.1) is 12.4 Å². The summed E-state index contributed by atoms with van der Waals surface area (Å²) in [6.45, 7) is 7.19. The topological polar surface area (TPSA) is 156 Å². The molecule has 0 saturated heterocycles. The number of nitrogens with zero attached hydrogens (tertiary/aromatic N) is 5. The number of imidazole rings is 1. The molecule has 0 aliphatic carbocycles. The smallest absolute Gasteiger partial charge is 0.459 e. The van der Waals surface area contributed by atoms with Crippen molar-refractivity contribution in [3.63, 3.8) is 0 Å². The molecule has 0 aliphatic heterocycles. The number of benzene rings is 2. The lowest BCUT2D eigenvalue weighted by atomic mass is 10.1. The van der Waals surface area contributed by atoms with E-state index in [1.807, 2.05) is 18.2 Å². The molecule has 4 rings (SSSR count). The Morgan fingerprint density at radius 1 is 1.14 bits per heavy atom. The lowest BCUT2D eigenvalue weighted by Gasteiger charge is -2.30. The molecular formula is C29H39FN7O6P. The number of rotatable bonds is 14. The third-order valence-corrected chi connectivity index (χ3v) is 8.23. The van der Waals surface area contributed by atoms with Crippen LogP contribution in [0.3, 0.4) is 0 Å². The number of nitrogens with one attached hydrogen (secondary N) is 1. The van der Waals surface area contributed by atoms with Crippen LogP contribution in [0.25, 0.3) is 21.9 Å². The van der Waals surface area contributed by atoms with E-state index in [1.165, 1.54) is 17.8 Å². The van der Waals surface area contributed by atoms with Crippen LogP contribution in [0.4, 0.5) is 16.2 Å². The Bertz CT molecular complexity index is 1660. The van der Waals surface area contributed by atoms with Crippen molar-refractivity contribution in [3.05, 3.63) is 48.8 Å². The molecule has 4 aromatic rings. The summed E-state index contributed by atoms with van der Waals surface area (Å²) in [7, 11) is -0.830. The number of hydrogen-bond donors (Lipinski definition) is 2. The van der Waals surface area contributed by atoms with Crippen molar-refractivity contribution in [1.82, 2.24) is 24.6 Å².